The molecule has 5 heteroatoms. The zero-order chi connectivity index (χ0) is 10.8. The summed E-state index contributed by atoms with van der Waals surface area (Å²) in [5.74, 6) is 0.0611. The van der Waals surface area contributed by atoms with Gasteiger partial charge in [-0.25, -0.2) is 4.39 Å². The number of nitrogens with two attached hydrogens (primary N) is 1. The van der Waals surface area contributed by atoms with Crippen LogP contribution in [-0.2, 0) is 11.3 Å². The third kappa shape index (κ3) is 1.94. The van der Waals surface area contributed by atoms with E-state index in [1.807, 2.05) is 0 Å². The van der Waals surface area contributed by atoms with Gasteiger partial charge in [-0.1, -0.05) is 0 Å². The lowest BCUT2D eigenvalue weighted by molar-refractivity contribution is -0.0168. The molecular weight excluding hydrogens is 201 g/mol. The summed E-state index contributed by atoms with van der Waals surface area (Å²) in [5, 5.41) is 9.46. The smallest absolute Gasteiger partial charge is 0.189 e. The Labute approximate surface area is 86.4 Å². The minimum Gasteiger partial charge on any atom is -0.467 e. The molecule has 1 aliphatic rings. The highest BCUT2D eigenvalue weighted by Gasteiger charge is 2.18. The molecule has 15 heavy (non-hydrogen) atoms. The van der Waals surface area contributed by atoms with Gasteiger partial charge in [-0.05, 0) is 12.1 Å². The molecule has 1 aliphatic heterocycles. The van der Waals surface area contributed by atoms with E-state index in [-0.39, 0.29) is 18.9 Å². The Kier molecular flexibility index (Phi) is 2.86. The van der Waals surface area contributed by atoms with E-state index < -0.39 is 11.9 Å². The average molecular weight is 213 g/mol. The van der Waals surface area contributed by atoms with Gasteiger partial charge < -0.3 is 20.3 Å². The lowest BCUT2D eigenvalue weighted by atomic mass is 10.0. The molecule has 3 N–H and O–H groups in total. The van der Waals surface area contributed by atoms with Crippen LogP contribution in [0.15, 0.2) is 12.1 Å². The number of aliphatic hydroxyl groups is 1. The molecule has 1 heterocycles. The summed E-state index contributed by atoms with van der Waals surface area (Å²) in [5.41, 5.74) is 6.08. The van der Waals surface area contributed by atoms with E-state index in [0.717, 1.165) is 0 Å². The minimum absolute atomic E-state index is 0.0216. The second-order valence-electron chi connectivity index (χ2n) is 3.34. The van der Waals surface area contributed by atoms with E-state index in [1.54, 1.807) is 0 Å². The van der Waals surface area contributed by atoms with Gasteiger partial charge in [-0.15, -0.1) is 0 Å². The van der Waals surface area contributed by atoms with E-state index in [9.17, 15) is 9.50 Å². The first-order valence-corrected chi connectivity index (χ1v) is 4.63. The van der Waals surface area contributed by atoms with Gasteiger partial charge in [0.05, 0.1) is 12.7 Å². The molecule has 1 atom stereocenters. The third-order valence-electron chi connectivity index (χ3n) is 2.32. The van der Waals surface area contributed by atoms with Gasteiger partial charge in [0.2, 0.25) is 0 Å². The summed E-state index contributed by atoms with van der Waals surface area (Å²) in [4.78, 5) is 0. The fourth-order valence-corrected chi connectivity index (χ4v) is 1.50. The van der Waals surface area contributed by atoms with Crippen molar-refractivity contribution in [2.75, 3.05) is 13.3 Å². The Morgan fingerprint density at radius 2 is 2.33 bits per heavy atom. The summed E-state index contributed by atoms with van der Waals surface area (Å²) >= 11 is 0. The largest absolute Gasteiger partial charge is 0.467 e. The first-order chi connectivity index (χ1) is 7.22. The van der Waals surface area contributed by atoms with Gasteiger partial charge in [0.15, 0.2) is 6.79 Å². The van der Waals surface area contributed by atoms with Crippen LogP contribution >= 0.6 is 0 Å². The second kappa shape index (κ2) is 4.14. The molecule has 0 aliphatic carbocycles. The maximum absolute atomic E-state index is 13.5. The highest BCUT2D eigenvalue weighted by atomic mass is 19.1. The molecule has 0 amide bonds. The SMILES string of the molecule is NCC(O)c1cc2c(cc1F)COCO2. The number of halogens is 1. The van der Waals surface area contributed by atoms with Gasteiger partial charge in [-0.3, -0.25) is 0 Å². The number of hydrogen-bond acceptors (Lipinski definition) is 4. The highest BCUT2D eigenvalue weighted by molar-refractivity contribution is 5.39. The average Bonchev–Trinajstić information content (AvgIpc) is 2.27. The zero-order valence-electron chi connectivity index (χ0n) is 8.07. The molecule has 0 radical (unpaired) electrons. The normalized spacial score (nSPS) is 16.7. The van der Waals surface area contributed by atoms with Crippen LogP contribution in [0.2, 0.25) is 0 Å². The van der Waals surface area contributed by atoms with Crippen molar-refractivity contribution in [1.82, 2.24) is 0 Å². The molecule has 0 aromatic heterocycles. The van der Waals surface area contributed by atoms with Crippen LogP contribution in [0.25, 0.3) is 0 Å². The molecule has 4 nitrogen and oxygen atoms in total. The Morgan fingerprint density at radius 3 is 3.07 bits per heavy atom. The van der Waals surface area contributed by atoms with Crippen LogP contribution < -0.4 is 10.5 Å². The van der Waals surface area contributed by atoms with E-state index in [0.29, 0.717) is 17.9 Å². The molecule has 1 aromatic rings. The first-order valence-electron chi connectivity index (χ1n) is 4.63. The Morgan fingerprint density at radius 1 is 1.53 bits per heavy atom. The topological polar surface area (TPSA) is 64.7 Å². The number of aliphatic hydroxyl groups excluding tert-OH is 1. The summed E-state index contributed by atoms with van der Waals surface area (Å²) in [6.45, 7) is 0.453. The standard InChI is InChI=1S/C10H12FNO3/c11-8-1-6-4-14-5-15-10(6)2-7(8)9(13)3-12/h1-2,9,13H,3-5,12H2. The number of fused-ring (bicyclic) bond motifs is 1. The van der Waals surface area contributed by atoms with Crippen molar-refractivity contribution in [2.24, 2.45) is 5.73 Å². The highest BCUT2D eigenvalue weighted by Crippen LogP contribution is 2.29. The van der Waals surface area contributed by atoms with Gasteiger partial charge in [-0.2, -0.15) is 0 Å². The lowest BCUT2D eigenvalue weighted by Gasteiger charge is -2.20. The maximum Gasteiger partial charge on any atom is 0.189 e. The fourth-order valence-electron chi connectivity index (χ4n) is 1.50. The van der Waals surface area contributed by atoms with Crippen LogP contribution in [0, 0.1) is 5.82 Å². The van der Waals surface area contributed by atoms with Gasteiger partial charge >= 0.3 is 0 Å². The fraction of sp³-hybridized carbons (Fsp3) is 0.400. The minimum atomic E-state index is -0.998. The molecular formula is C10H12FNO3. The first kappa shape index (κ1) is 10.4. The molecule has 82 valence electrons. The monoisotopic (exact) mass is 213 g/mol. The summed E-state index contributed by atoms with van der Waals surface area (Å²) in [7, 11) is 0. The summed E-state index contributed by atoms with van der Waals surface area (Å²) in [6.07, 6.45) is -0.998. The zero-order valence-corrected chi connectivity index (χ0v) is 8.07. The van der Waals surface area contributed by atoms with E-state index in [2.05, 4.69) is 0 Å². The van der Waals surface area contributed by atoms with Crippen molar-refractivity contribution in [2.45, 2.75) is 12.7 Å². The second-order valence-corrected chi connectivity index (χ2v) is 3.34. The Hall–Kier alpha value is -1.17. The van der Waals surface area contributed by atoms with Gasteiger partial charge in [0, 0.05) is 17.7 Å². The van der Waals surface area contributed by atoms with Crippen molar-refractivity contribution >= 4 is 0 Å². The van der Waals surface area contributed by atoms with Crippen LogP contribution in [0.1, 0.15) is 17.2 Å². The van der Waals surface area contributed by atoms with Crippen molar-refractivity contribution in [1.29, 1.82) is 0 Å². The summed E-state index contributed by atoms with van der Waals surface area (Å²) < 4.78 is 23.7. The van der Waals surface area contributed by atoms with E-state index in [1.165, 1.54) is 12.1 Å². The van der Waals surface area contributed by atoms with Crippen molar-refractivity contribution in [3.05, 3.63) is 29.1 Å². The van der Waals surface area contributed by atoms with Crippen molar-refractivity contribution in [3.63, 3.8) is 0 Å². The molecule has 1 unspecified atom stereocenters. The maximum atomic E-state index is 13.5. The van der Waals surface area contributed by atoms with Crippen LogP contribution in [0.3, 0.4) is 0 Å². The molecule has 0 fully saturated rings. The van der Waals surface area contributed by atoms with Crippen LogP contribution in [0.5, 0.6) is 5.75 Å². The molecule has 1 aromatic carbocycles. The predicted octanol–water partition coefficient (Wildman–Crippen LogP) is 0.684. The van der Waals surface area contributed by atoms with E-state index in [4.69, 9.17) is 15.2 Å². The van der Waals surface area contributed by atoms with Crippen LogP contribution in [-0.4, -0.2) is 18.4 Å². The molecule has 0 saturated heterocycles. The predicted molar refractivity (Wildman–Crippen MR) is 50.7 cm³/mol. The number of rotatable bonds is 2. The van der Waals surface area contributed by atoms with Crippen LogP contribution in [0.4, 0.5) is 4.39 Å². The van der Waals surface area contributed by atoms with Crippen molar-refractivity contribution < 1.29 is 19.0 Å². The Balaban J connectivity index is 2.40. The molecule has 0 saturated carbocycles. The van der Waals surface area contributed by atoms with Gasteiger partial charge in [0.1, 0.15) is 11.6 Å². The van der Waals surface area contributed by atoms with E-state index >= 15 is 0 Å². The lowest BCUT2D eigenvalue weighted by Crippen LogP contribution is -2.16. The third-order valence-corrected chi connectivity index (χ3v) is 2.32. The van der Waals surface area contributed by atoms with Gasteiger partial charge in [0.25, 0.3) is 0 Å². The number of benzene rings is 1. The Bertz CT molecular complexity index is 370. The molecule has 0 bridgehead atoms. The summed E-state index contributed by atoms with van der Waals surface area (Å²) in [6, 6.07) is 2.79. The van der Waals surface area contributed by atoms with Crippen molar-refractivity contribution in [3.8, 4) is 5.75 Å². The quantitative estimate of drug-likeness (QED) is 0.758. The molecule has 0 spiro atoms. The molecule has 2 rings (SSSR count). The number of hydrogen-bond donors (Lipinski definition) is 2. The number of ether oxygens (including phenoxy) is 2.